The first-order chi connectivity index (χ1) is 8.65. The monoisotopic (exact) mass is 289 g/mol. The van der Waals surface area contributed by atoms with E-state index in [1.807, 2.05) is 23.5 Å². The highest BCUT2D eigenvalue weighted by molar-refractivity contribution is 8.06. The maximum Gasteiger partial charge on any atom is 0.306 e. The predicted molar refractivity (Wildman–Crippen MR) is 75.1 cm³/mol. The van der Waals surface area contributed by atoms with Gasteiger partial charge >= 0.3 is 5.97 Å². The van der Waals surface area contributed by atoms with Crippen molar-refractivity contribution in [3.05, 3.63) is 0 Å². The zero-order valence-corrected chi connectivity index (χ0v) is 11.9. The van der Waals surface area contributed by atoms with Gasteiger partial charge in [-0.25, -0.2) is 0 Å². The quantitative estimate of drug-likeness (QED) is 0.823. The summed E-state index contributed by atoms with van der Waals surface area (Å²) in [5.74, 6) is 2.46. The van der Waals surface area contributed by atoms with Crippen LogP contribution >= 0.6 is 23.5 Å². The summed E-state index contributed by atoms with van der Waals surface area (Å²) in [4.78, 5) is 22.7. The van der Waals surface area contributed by atoms with Gasteiger partial charge in [0.2, 0.25) is 5.91 Å². The number of rotatable bonds is 4. The number of carboxylic acid groups (broad SMARTS) is 1. The molecule has 2 aliphatic rings. The Balaban J connectivity index is 1.69. The SMILES string of the molecule is O=C(CC1CSCCS1)N[C@@H]1CC[C@H](C(=O)O)C1. The molecule has 6 heteroatoms. The van der Waals surface area contributed by atoms with Crippen LogP contribution < -0.4 is 5.32 Å². The predicted octanol–water partition coefficient (Wildman–Crippen LogP) is 1.59. The number of carbonyl (C=O) groups excluding carboxylic acids is 1. The summed E-state index contributed by atoms with van der Waals surface area (Å²) in [6.45, 7) is 0. The smallest absolute Gasteiger partial charge is 0.306 e. The van der Waals surface area contributed by atoms with E-state index in [9.17, 15) is 9.59 Å². The molecule has 1 unspecified atom stereocenters. The highest BCUT2D eigenvalue weighted by atomic mass is 32.2. The molecule has 0 radical (unpaired) electrons. The lowest BCUT2D eigenvalue weighted by molar-refractivity contribution is -0.141. The molecule has 0 aromatic heterocycles. The summed E-state index contributed by atoms with van der Waals surface area (Å²) >= 11 is 3.79. The van der Waals surface area contributed by atoms with Crippen molar-refractivity contribution in [3.8, 4) is 0 Å². The molecule has 1 amide bonds. The molecular formula is C12H19NO3S2. The second-order valence-corrected chi connectivity index (χ2v) is 7.44. The van der Waals surface area contributed by atoms with Gasteiger partial charge in [0, 0.05) is 35.0 Å². The molecule has 1 saturated heterocycles. The number of amides is 1. The van der Waals surface area contributed by atoms with Crippen molar-refractivity contribution in [1.29, 1.82) is 0 Å². The zero-order valence-electron chi connectivity index (χ0n) is 10.3. The summed E-state index contributed by atoms with van der Waals surface area (Å²) in [6.07, 6.45) is 2.66. The lowest BCUT2D eigenvalue weighted by Crippen LogP contribution is -2.35. The Morgan fingerprint density at radius 1 is 1.28 bits per heavy atom. The molecule has 0 spiro atoms. The van der Waals surface area contributed by atoms with E-state index >= 15 is 0 Å². The van der Waals surface area contributed by atoms with E-state index in [2.05, 4.69) is 5.32 Å². The number of carbonyl (C=O) groups is 2. The van der Waals surface area contributed by atoms with Crippen molar-refractivity contribution < 1.29 is 14.7 Å². The van der Waals surface area contributed by atoms with E-state index in [4.69, 9.17) is 5.11 Å². The van der Waals surface area contributed by atoms with E-state index in [-0.39, 0.29) is 17.9 Å². The van der Waals surface area contributed by atoms with Crippen LogP contribution in [-0.4, -0.2) is 45.5 Å². The fraction of sp³-hybridized carbons (Fsp3) is 0.833. The van der Waals surface area contributed by atoms with E-state index in [1.54, 1.807) is 0 Å². The minimum atomic E-state index is -0.731. The van der Waals surface area contributed by atoms with Gasteiger partial charge in [-0.3, -0.25) is 9.59 Å². The van der Waals surface area contributed by atoms with Crippen molar-refractivity contribution >= 4 is 35.4 Å². The van der Waals surface area contributed by atoms with E-state index < -0.39 is 5.97 Å². The lowest BCUT2D eigenvalue weighted by atomic mass is 10.1. The highest BCUT2D eigenvalue weighted by Gasteiger charge is 2.30. The number of hydrogen-bond acceptors (Lipinski definition) is 4. The Morgan fingerprint density at radius 2 is 2.11 bits per heavy atom. The highest BCUT2D eigenvalue weighted by Crippen LogP contribution is 2.28. The first-order valence-corrected chi connectivity index (χ1v) is 8.57. The third kappa shape index (κ3) is 4.09. The summed E-state index contributed by atoms with van der Waals surface area (Å²) in [6, 6.07) is 0.0693. The Morgan fingerprint density at radius 3 is 2.72 bits per heavy atom. The molecule has 2 N–H and O–H groups in total. The van der Waals surface area contributed by atoms with Gasteiger partial charge in [0.05, 0.1) is 5.92 Å². The van der Waals surface area contributed by atoms with Crippen LogP contribution in [0.4, 0.5) is 0 Å². The summed E-state index contributed by atoms with van der Waals surface area (Å²) in [5, 5.41) is 12.3. The number of thioether (sulfide) groups is 2. The van der Waals surface area contributed by atoms with Crippen molar-refractivity contribution in [2.24, 2.45) is 5.92 Å². The second kappa shape index (κ2) is 6.70. The van der Waals surface area contributed by atoms with Crippen molar-refractivity contribution in [3.63, 3.8) is 0 Å². The molecular weight excluding hydrogens is 270 g/mol. The van der Waals surface area contributed by atoms with Crippen molar-refractivity contribution in [2.45, 2.75) is 37.0 Å². The Labute approximate surface area is 116 Å². The van der Waals surface area contributed by atoms with Crippen LogP contribution in [0.15, 0.2) is 0 Å². The molecule has 102 valence electrons. The molecule has 18 heavy (non-hydrogen) atoms. The van der Waals surface area contributed by atoms with Crippen LogP contribution in [-0.2, 0) is 9.59 Å². The first-order valence-electron chi connectivity index (χ1n) is 6.36. The van der Waals surface area contributed by atoms with Crippen LogP contribution in [0.2, 0.25) is 0 Å². The van der Waals surface area contributed by atoms with E-state index in [0.717, 1.165) is 17.9 Å². The van der Waals surface area contributed by atoms with Crippen molar-refractivity contribution in [1.82, 2.24) is 5.32 Å². The number of nitrogens with one attached hydrogen (secondary N) is 1. The normalized spacial score (nSPS) is 32.1. The van der Waals surface area contributed by atoms with E-state index in [1.165, 1.54) is 5.75 Å². The van der Waals surface area contributed by atoms with Gasteiger partial charge in [-0.2, -0.15) is 23.5 Å². The molecule has 2 fully saturated rings. The van der Waals surface area contributed by atoms with Crippen LogP contribution in [0.3, 0.4) is 0 Å². The summed E-state index contributed by atoms with van der Waals surface area (Å²) < 4.78 is 0. The fourth-order valence-corrected chi connectivity index (χ4v) is 5.16. The standard InChI is InChI=1S/C12H19NO3S2/c14-11(6-10-7-17-3-4-18-10)13-9-2-1-8(5-9)12(15)16/h8-10H,1-7H2,(H,13,14)(H,15,16)/t8-,9+,10?/m0/s1. The topological polar surface area (TPSA) is 66.4 Å². The molecule has 4 nitrogen and oxygen atoms in total. The second-order valence-electron chi connectivity index (χ2n) is 4.88. The van der Waals surface area contributed by atoms with Gasteiger partial charge in [0.1, 0.15) is 0 Å². The average molecular weight is 289 g/mol. The van der Waals surface area contributed by atoms with Crippen molar-refractivity contribution in [2.75, 3.05) is 17.3 Å². The van der Waals surface area contributed by atoms with Gasteiger partial charge in [-0.1, -0.05) is 0 Å². The number of aliphatic carboxylic acids is 1. The third-order valence-corrected chi connectivity index (χ3v) is 6.29. The Kier molecular flexibility index (Phi) is 5.24. The van der Waals surface area contributed by atoms with E-state index in [0.29, 0.717) is 24.5 Å². The minimum Gasteiger partial charge on any atom is -0.481 e. The zero-order chi connectivity index (χ0) is 13.0. The molecule has 2 rings (SSSR count). The molecule has 1 saturated carbocycles. The summed E-state index contributed by atoms with van der Waals surface area (Å²) in [7, 11) is 0. The molecule has 0 bridgehead atoms. The van der Waals surface area contributed by atoms with Gasteiger partial charge in [0.15, 0.2) is 0 Å². The Hall–Kier alpha value is -0.360. The largest absolute Gasteiger partial charge is 0.481 e. The number of hydrogen-bond donors (Lipinski definition) is 2. The van der Waals surface area contributed by atoms with Crippen LogP contribution in [0.25, 0.3) is 0 Å². The Bertz CT molecular complexity index is 318. The van der Waals surface area contributed by atoms with Gasteiger partial charge in [0.25, 0.3) is 0 Å². The van der Waals surface area contributed by atoms with Gasteiger partial charge in [-0.15, -0.1) is 0 Å². The molecule has 1 heterocycles. The molecule has 0 aromatic rings. The average Bonchev–Trinajstić information content (AvgIpc) is 2.78. The molecule has 1 aliphatic heterocycles. The minimum absolute atomic E-state index is 0.0693. The molecule has 3 atom stereocenters. The van der Waals surface area contributed by atoms with Crippen LogP contribution in [0.5, 0.6) is 0 Å². The fourth-order valence-electron chi connectivity index (χ4n) is 2.48. The lowest BCUT2D eigenvalue weighted by Gasteiger charge is -2.21. The molecule has 1 aliphatic carbocycles. The van der Waals surface area contributed by atoms with Crippen LogP contribution in [0, 0.1) is 5.92 Å². The first kappa shape index (κ1) is 14.1. The third-order valence-electron chi connectivity index (χ3n) is 3.45. The van der Waals surface area contributed by atoms with Crippen LogP contribution in [0.1, 0.15) is 25.7 Å². The number of carboxylic acids is 1. The molecule has 0 aromatic carbocycles. The maximum atomic E-state index is 11.9. The maximum absolute atomic E-state index is 11.9. The van der Waals surface area contributed by atoms with Gasteiger partial charge < -0.3 is 10.4 Å². The summed E-state index contributed by atoms with van der Waals surface area (Å²) in [5.41, 5.74) is 0. The van der Waals surface area contributed by atoms with Gasteiger partial charge in [-0.05, 0) is 19.3 Å².